The second-order valence-corrected chi connectivity index (χ2v) is 16.5. The summed E-state index contributed by atoms with van der Waals surface area (Å²) in [7, 11) is 0. The fraction of sp³-hybridized carbons (Fsp3) is 0.500. The molecule has 0 unspecified atom stereocenters. The van der Waals surface area contributed by atoms with Crippen molar-refractivity contribution in [2.24, 2.45) is 0 Å². The zero-order valence-electron chi connectivity index (χ0n) is 34.0. The number of amides is 2. The van der Waals surface area contributed by atoms with E-state index in [2.05, 4.69) is 114 Å². The van der Waals surface area contributed by atoms with Crippen LogP contribution >= 0.6 is 0 Å². The van der Waals surface area contributed by atoms with E-state index in [0.29, 0.717) is 36.3 Å². The van der Waals surface area contributed by atoms with Gasteiger partial charge in [-0.25, -0.2) is 19.9 Å². The van der Waals surface area contributed by atoms with Gasteiger partial charge in [-0.3, -0.25) is 19.4 Å². The van der Waals surface area contributed by atoms with Crippen molar-refractivity contribution in [2.75, 3.05) is 75.2 Å². The van der Waals surface area contributed by atoms with E-state index < -0.39 is 0 Å². The Morgan fingerprint density at radius 3 is 1.45 bits per heavy atom. The van der Waals surface area contributed by atoms with E-state index in [1.54, 1.807) is 12.4 Å². The standard InChI is InChI=1S/2C22H27N5O2/c2*1-14-11-17-4-3-16(12-20(17)29-14)15(2)26-7-9-27(10-8-26)22-24-13-18-19(25-22)5-6-23-21(18)28/h2*3-4,12-15H,5-11H2,1-2H3,(H,23,28)/t14-,15+;14-,15-/m11/s1. The van der Waals surface area contributed by atoms with Crippen molar-refractivity contribution in [1.82, 2.24) is 40.4 Å². The van der Waals surface area contributed by atoms with E-state index in [1.807, 2.05) is 0 Å². The van der Waals surface area contributed by atoms with E-state index in [1.165, 1.54) is 22.3 Å². The number of piperazine rings is 2. The highest BCUT2D eigenvalue weighted by atomic mass is 16.5. The fourth-order valence-corrected chi connectivity index (χ4v) is 9.05. The van der Waals surface area contributed by atoms with Crippen molar-refractivity contribution < 1.29 is 19.1 Å². The average Bonchev–Trinajstić information content (AvgIpc) is 3.83. The fourth-order valence-electron chi connectivity index (χ4n) is 9.05. The molecule has 0 radical (unpaired) electrons. The molecule has 58 heavy (non-hydrogen) atoms. The summed E-state index contributed by atoms with van der Waals surface area (Å²) in [4.78, 5) is 51.5. The highest BCUT2D eigenvalue weighted by Crippen LogP contribution is 2.35. The van der Waals surface area contributed by atoms with E-state index in [4.69, 9.17) is 9.47 Å². The minimum atomic E-state index is -0.0656. The summed E-state index contributed by atoms with van der Waals surface area (Å²) in [5.41, 5.74) is 8.20. The molecule has 2 aromatic heterocycles. The summed E-state index contributed by atoms with van der Waals surface area (Å²) in [6, 6.07) is 14.0. The summed E-state index contributed by atoms with van der Waals surface area (Å²) in [6.07, 6.45) is 7.46. The second-order valence-electron chi connectivity index (χ2n) is 16.5. The summed E-state index contributed by atoms with van der Waals surface area (Å²) < 4.78 is 11.9. The number of carbonyl (C=O) groups excluding carboxylic acids is 2. The van der Waals surface area contributed by atoms with Crippen LogP contribution in [0, 0.1) is 0 Å². The largest absolute Gasteiger partial charge is 0.490 e. The van der Waals surface area contributed by atoms with Gasteiger partial charge < -0.3 is 29.9 Å². The molecule has 2 fully saturated rings. The predicted octanol–water partition coefficient (Wildman–Crippen LogP) is 3.94. The van der Waals surface area contributed by atoms with Crippen LogP contribution in [0.2, 0.25) is 0 Å². The topological polar surface area (TPSA) is 141 Å². The Labute approximate surface area is 340 Å². The Balaban J connectivity index is 0.000000150. The van der Waals surface area contributed by atoms with Crippen LogP contribution in [0.15, 0.2) is 48.8 Å². The molecule has 304 valence electrons. The van der Waals surface area contributed by atoms with E-state index >= 15 is 0 Å². The minimum absolute atomic E-state index is 0.0656. The molecular weight excluding hydrogens is 733 g/mol. The van der Waals surface area contributed by atoms with Crippen molar-refractivity contribution >= 4 is 23.7 Å². The zero-order valence-corrected chi connectivity index (χ0v) is 34.0. The number of anilines is 2. The van der Waals surface area contributed by atoms with Gasteiger partial charge >= 0.3 is 0 Å². The van der Waals surface area contributed by atoms with Crippen molar-refractivity contribution in [2.45, 2.75) is 77.7 Å². The molecule has 4 atom stereocenters. The number of fused-ring (bicyclic) bond motifs is 4. The molecular formula is C44H54N10O4. The Morgan fingerprint density at radius 1 is 0.621 bits per heavy atom. The van der Waals surface area contributed by atoms with Crippen LogP contribution < -0.4 is 29.9 Å². The van der Waals surface area contributed by atoms with Crippen LogP contribution in [-0.2, 0) is 25.7 Å². The highest BCUT2D eigenvalue weighted by Gasteiger charge is 2.29. The summed E-state index contributed by atoms with van der Waals surface area (Å²) in [5, 5.41) is 5.68. The molecule has 10 rings (SSSR count). The molecule has 6 aliphatic heterocycles. The monoisotopic (exact) mass is 786 g/mol. The molecule has 14 heteroatoms. The van der Waals surface area contributed by atoms with Crippen molar-refractivity contribution in [1.29, 1.82) is 0 Å². The third-order valence-electron chi connectivity index (χ3n) is 12.6. The molecule has 2 saturated heterocycles. The number of rotatable bonds is 6. The van der Waals surface area contributed by atoms with Crippen molar-refractivity contribution in [3.05, 3.63) is 93.6 Å². The minimum Gasteiger partial charge on any atom is -0.490 e. The maximum absolute atomic E-state index is 11.9. The number of hydrogen-bond donors (Lipinski definition) is 2. The van der Waals surface area contributed by atoms with Gasteiger partial charge in [-0.2, -0.15) is 0 Å². The quantitative estimate of drug-likeness (QED) is 0.293. The first-order chi connectivity index (χ1) is 28.2. The lowest BCUT2D eigenvalue weighted by molar-refractivity contribution is 0.0936. The molecule has 2 amide bonds. The van der Waals surface area contributed by atoms with Gasteiger partial charge in [0.25, 0.3) is 11.8 Å². The molecule has 14 nitrogen and oxygen atoms in total. The molecule has 0 saturated carbocycles. The van der Waals surface area contributed by atoms with Crippen LogP contribution in [-0.4, -0.2) is 119 Å². The lowest BCUT2D eigenvalue weighted by atomic mass is 10.0. The third-order valence-corrected chi connectivity index (χ3v) is 12.6. The third kappa shape index (κ3) is 7.79. The maximum atomic E-state index is 11.9. The number of carbonyl (C=O) groups is 2. The van der Waals surface area contributed by atoms with Gasteiger partial charge in [0.2, 0.25) is 11.9 Å². The zero-order chi connectivity index (χ0) is 39.9. The maximum Gasteiger partial charge on any atom is 0.254 e. The average molecular weight is 787 g/mol. The van der Waals surface area contributed by atoms with Crippen LogP contribution in [0.5, 0.6) is 11.5 Å². The molecule has 2 aromatic carbocycles. The molecule has 8 heterocycles. The highest BCUT2D eigenvalue weighted by molar-refractivity contribution is 5.96. The Hall–Kier alpha value is -5.34. The number of hydrogen-bond acceptors (Lipinski definition) is 12. The number of aromatic nitrogens is 4. The normalized spacial score (nSPS) is 22.5. The summed E-state index contributed by atoms with van der Waals surface area (Å²) >= 11 is 0. The van der Waals surface area contributed by atoms with Gasteiger partial charge in [-0.05, 0) is 62.1 Å². The van der Waals surface area contributed by atoms with Crippen LogP contribution in [0.1, 0.15) is 94.1 Å². The van der Waals surface area contributed by atoms with Crippen LogP contribution in [0.3, 0.4) is 0 Å². The van der Waals surface area contributed by atoms with Crippen molar-refractivity contribution in [3.8, 4) is 11.5 Å². The molecule has 0 bridgehead atoms. The van der Waals surface area contributed by atoms with E-state index in [9.17, 15) is 9.59 Å². The number of ether oxygens (including phenoxy) is 2. The van der Waals surface area contributed by atoms with Crippen molar-refractivity contribution in [3.63, 3.8) is 0 Å². The van der Waals surface area contributed by atoms with Gasteiger partial charge in [0.15, 0.2) is 0 Å². The van der Waals surface area contributed by atoms with E-state index in [-0.39, 0.29) is 24.0 Å². The summed E-state index contributed by atoms with van der Waals surface area (Å²) in [6.45, 7) is 17.4. The second kappa shape index (κ2) is 16.1. The van der Waals surface area contributed by atoms with Crippen LogP contribution in [0.4, 0.5) is 11.9 Å². The van der Waals surface area contributed by atoms with Gasteiger partial charge in [0.1, 0.15) is 23.7 Å². The molecule has 2 N–H and O–H groups in total. The van der Waals surface area contributed by atoms with Gasteiger partial charge in [-0.15, -0.1) is 0 Å². The van der Waals surface area contributed by atoms with Gasteiger partial charge in [-0.1, -0.05) is 24.3 Å². The van der Waals surface area contributed by atoms with Gasteiger partial charge in [0, 0.05) is 116 Å². The molecule has 0 spiro atoms. The lowest BCUT2D eigenvalue weighted by Crippen LogP contribution is -2.48. The Bertz CT molecular complexity index is 2030. The number of benzene rings is 2. The Kier molecular flexibility index (Phi) is 10.6. The Morgan fingerprint density at radius 2 is 1.03 bits per heavy atom. The van der Waals surface area contributed by atoms with E-state index in [0.717, 1.165) is 113 Å². The van der Waals surface area contributed by atoms with Crippen LogP contribution in [0.25, 0.3) is 0 Å². The molecule has 0 aliphatic carbocycles. The lowest BCUT2D eigenvalue weighted by Gasteiger charge is -2.38. The molecule has 4 aromatic rings. The first kappa shape index (κ1) is 38.2. The number of nitrogens with zero attached hydrogens (tertiary/aromatic N) is 8. The molecule has 6 aliphatic rings. The van der Waals surface area contributed by atoms with Gasteiger partial charge in [0.05, 0.1) is 22.5 Å². The number of nitrogens with one attached hydrogen (secondary N) is 2. The summed E-state index contributed by atoms with van der Waals surface area (Å²) in [5.74, 6) is 3.45. The first-order valence-corrected chi connectivity index (χ1v) is 21.0. The smallest absolute Gasteiger partial charge is 0.254 e. The predicted molar refractivity (Wildman–Crippen MR) is 221 cm³/mol. The SMILES string of the molecule is C[C@@H]1Cc2ccc([C@@H](C)N3CCN(c4ncc5c(n4)CCNC5=O)CC3)cc2O1.C[C@@H]1Cc2ccc([C@H](C)N3CCN(c4ncc5c(n4)CCNC5=O)CC3)cc2O1. The first-order valence-electron chi connectivity index (χ1n) is 21.0.